The van der Waals surface area contributed by atoms with Gasteiger partial charge >= 0.3 is 0 Å². The fourth-order valence-electron chi connectivity index (χ4n) is 2.08. The van der Waals surface area contributed by atoms with Crippen molar-refractivity contribution >= 4 is 11.5 Å². The van der Waals surface area contributed by atoms with Crippen LogP contribution in [-0.2, 0) is 0 Å². The summed E-state index contributed by atoms with van der Waals surface area (Å²) in [6, 6.07) is 1.77. The fraction of sp³-hybridized carbons (Fsp3) is 0.214. The zero-order chi connectivity index (χ0) is 16.4. The van der Waals surface area contributed by atoms with E-state index in [0.29, 0.717) is 34.5 Å². The summed E-state index contributed by atoms with van der Waals surface area (Å²) in [6.07, 6.45) is 4.58. The molecule has 0 bridgehead atoms. The Balaban J connectivity index is 2.01. The molecule has 0 saturated carbocycles. The smallest absolute Gasteiger partial charge is 0.268 e. The number of methoxy groups -OCH3 is 1. The molecule has 3 heterocycles. The predicted molar refractivity (Wildman–Crippen MR) is 83.8 cm³/mol. The van der Waals surface area contributed by atoms with Crippen molar-refractivity contribution in [1.29, 1.82) is 0 Å². The van der Waals surface area contributed by atoms with Crippen molar-refractivity contribution in [2.24, 2.45) is 0 Å². The van der Waals surface area contributed by atoms with Gasteiger partial charge in [0.25, 0.3) is 11.8 Å². The lowest BCUT2D eigenvalue weighted by molar-refractivity contribution is 0.395. The second-order valence-electron chi connectivity index (χ2n) is 4.84. The molecule has 9 nitrogen and oxygen atoms in total. The zero-order valence-electron chi connectivity index (χ0n) is 12.9. The number of pyridine rings is 1. The maximum absolute atomic E-state index is 5.93. The molecule has 0 spiro atoms. The molecule has 0 aliphatic carbocycles. The van der Waals surface area contributed by atoms with Crippen LogP contribution in [0.4, 0.5) is 11.5 Å². The van der Waals surface area contributed by atoms with Gasteiger partial charge in [0.2, 0.25) is 5.88 Å². The number of nitrogens with zero attached hydrogens (tertiary/aromatic N) is 6. The van der Waals surface area contributed by atoms with E-state index in [1.165, 1.54) is 19.5 Å². The molecular weight excluding hydrogens is 298 g/mol. The van der Waals surface area contributed by atoms with Crippen LogP contribution in [0.5, 0.6) is 5.88 Å². The van der Waals surface area contributed by atoms with Gasteiger partial charge in [0.1, 0.15) is 11.5 Å². The van der Waals surface area contributed by atoms with Crippen LogP contribution in [0.1, 0.15) is 0 Å². The third-order valence-electron chi connectivity index (χ3n) is 3.11. The summed E-state index contributed by atoms with van der Waals surface area (Å²) in [6.45, 7) is 0. The van der Waals surface area contributed by atoms with Crippen LogP contribution >= 0.6 is 0 Å². The summed E-state index contributed by atoms with van der Waals surface area (Å²) in [4.78, 5) is 14.2. The largest absolute Gasteiger partial charge is 0.480 e. The summed E-state index contributed by atoms with van der Waals surface area (Å²) >= 11 is 0. The van der Waals surface area contributed by atoms with Gasteiger partial charge in [-0.2, -0.15) is 0 Å². The molecular formula is C14H15N7O2. The summed E-state index contributed by atoms with van der Waals surface area (Å²) in [5.74, 6) is 1.38. The Bertz CT molecular complexity index is 814. The fourth-order valence-corrected chi connectivity index (χ4v) is 2.08. The molecule has 0 radical (unpaired) electrons. The SMILES string of the molecule is COc1cnc(-c2nnc(-c3ccnc(N)c3N(C)C)o2)cn1. The van der Waals surface area contributed by atoms with Gasteiger partial charge in [-0.15, -0.1) is 10.2 Å². The summed E-state index contributed by atoms with van der Waals surface area (Å²) in [7, 11) is 5.25. The number of nitrogens with two attached hydrogens (primary N) is 1. The van der Waals surface area contributed by atoms with Gasteiger partial charge in [0.05, 0.1) is 30.8 Å². The molecule has 0 atom stereocenters. The van der Waals surface area contributed by atoms with E-state index in [-0.39, 0.29) is 5.89 Å². The van der Waals surface area contributed by atoms with E-state index in [4.69, 9.17) is 14.9 Å². The van der Waals surface area contributed by atoms with E-state index in [1.807, 2.05) is 19.0 Å². The Labute approximate surface area is 132 Å². The van der Waals surface area contributed by atoms with E-state index < -0.39 is 0 Å². The Kier molecular flexibility index (Phi) is 3.75. The highest BCUT2D eigenvalue weighted by molar-refractivity contribution is 5.81. The zero-order valence-corrected chi connectivity index (χ0v) is 12.9. The van der Waals surface area contributed by atoms with Gasteiger partial charge in [-0.25, -0.2) is 15.0 Å². The third kappa shape index (κ3) is 2.76. The number of hydrogen-bond donors (Lipinski definition) is 1. The lowest BCUT2D eigenvalue weighted by atomic mass is 10.2. The minimum Gasteiger partial charge on any atom is -0.480 e. The topological polar surface area (TPSA) is 116 Å². The molecule has 118 valence electrons. The van der Waals surface area contributed by atoms with E-state index in [1.54, 1.807) is 12.3 Å². The normalized spacial score (nSPS) is 10.6. The Morgan fingerprint density at radius 3 is 2.52 bits per heavy atom. The minimum atomic E-state index is 0.259. The van der Waals surface area contributed by atoms with Gasteiger partial charge in [0.15, 0.2) is 0 Å². The summed E-state index contributed by atoms with van der Waals surface area (Å²) < 4.78 is 10.7. The molecule has 0 aliphatic rings. The van der Waals surface area contributed by atoms with Crippen molar-refractivity contribution in [2.45, 2.75) is 0 Å². The maximum Gasteiger partial charge on any atom is 0.268 e. The average molecular weight is 313 g/mol. The van der Waals surface area contributed by atoms with E-state index in [2.05, 4.69) is 25.1 Å². The molecule has 23 heavy (non-hydrogen) atoms. The molecule has 0 saturated heterocycles. The van der Waals surface area contributed by atoms with Crippen molar-refractivity contribution in [3.63, 3.8) is 0 Å². The Morgan fingerprint density at radius 1 is 1.09 bits per heavy atom. The van der Waals surface area contributed by atoms with Gasteiger partial charge in [-0.1, -0.05) is 0 Å². The Hall–Kier alpha value is -3.23. The first kappa shape index (κ1) is 14.7. The number of aromatic nitrogens is 5. The molecule has 0 unspecified atom stereocenters. The highest BCUT2D eigenvalue weighted by Crippen LogP contribution is 2.33. The standard InChI is InChI=1S/C14H15N7O2/c1-21(2)11-8(4-5-16-12(11)15)13-19-20-14(23-13)9-6-18-10(22-3)7-17-9/h4-7H,1-3H3,(H2,15,16). The average Bonchev–Trinajstić information content (AvgIpc) is 3.04. The number of anilines is 2. The van der Waals surface area contributed by atoms with Crippen molar-refractivity contribution in [3.05, 3.63) is 24.7 Å². The predicted octanol–water partition coefficient (Wildman–Crippen LogP) is 1.25. The highest BCUT2D eigenvalue weighted by Gasteiger charge is 2.18. The van der Waals surface area contributed by atoms with E-state index in [9.17, 15) is 0 Å². The van der Waals surface area contributed by atoms with Crippen LogP contribution in [0, 0.1) is 0 Å². The van der Waals surface area contributed by atoms with Crippen molar-refractivity contribution in [3.8, 4) is 28.9 Å². The number of rotatable bonds is 4. The quantitative estimate of drug-likeness (QED) is 0.759. The van der Waals surface area contributed by atoms with Crippen LogP contribution in [0.15, 0.2) is 29.1 Å². The first-order chi connectivity index (χ1) is 11.1. The third-order valence-corrected chi connectivity index (χ3v) is 3.11. The second-order valence-corrected chi connectivity index (χ2v) is 4.84. The van der Waals surface area contributed by atoms with Crippen LogP contribution < -0.4 is 15.4 Å². The van der Waals surface area contributed by atoms with Crippen molar-refractivity contribution < 1.29 is 9.15 Å². The lowest BCUT2D eigenvalue weighted by Gasteiger charge is -2.16. The number of nitrogen functional groups attached to an aromatic ring is 1. The second kappa shape index (κ2) is 5.87. The molecule has 0 amide bonds. The van der Waals surface area contributed by atoms with Crippen LogP contribution in [0.3, 0.4) is 0 Å². The molecule has 0 fully saturated rings. The van der Waals surface area contributed by atoms with Gasteiger partial charge in [-0.05, 0) is 6.07 Å². The number of hydrogen-bond acceptors (Lipinski definition) is 9. The van der Waals surface area contributed by atoms with E-state index in [0.717, 1.165) is 0 Å². The van der Waals surface area contributed by atoms with Crippen molar-refractivity contribution in [1.82, 2.24) is 25.1 Å². The molecule has 3 rings (SSSR count). The summed E-state index contributed by atoms with van der Waals surface area (Å²) in [5.41, 5.74) is 7.80. The van der Waals surface area contributed by atoms with Crippen LogP contribution in [0.25, 0.3) is 23.0 Å². The molecule has 0 aliphatic heterocycles. The molecule has 2 N–H and O–H groups in total. The minimum absolute atomic E-state index is 0.259. The van der Waals surface area contributed by atoms with Crippen molar-refractivity contribution in [2.75, 3.05) is 31.8 Å². The van der Waals surface area contributed by atoms with Crippen LogP contribution in [-0.4, -0.2) is 46.4 Å². The molecule has 3 aromatic rings. The maximum atomic E-state index is 5.93. The van der Waals surface area contributed by atoms with Gasteiger partial charge < -0.3 is 19.8 Å². The van der Waals surface area contributed by atoms with E-state index >= 15 is 0 Å². The monoisotopic (exact) mass is 313 g/mol. The molecule has 9 heteroatoms. The first-order valence-corrected chi connectivity index (χ1v) is 6.72. The van der Waals surface area contributed by atoms with Gasteiger partial charge in [-0.3, -0.25) is 0 Å². The number of ether oxygens (including phenoxy) is 1. The first-order valence-electron chi connectivity index (χ1n) is 6.72. The lowest BCUT2D eigenvalue weighted by Crippen LogP contribution is -2.13. The molecule has 0 aromatic carbocycles. The van der Waals surface area contributed by atoms with Gasteiger partial charge in [0, 0.05) is 20.3 Å². The molecule has 3 aromatic heterocycles. The highest BCUT2D eigenvalue weighted by atomic mass is 16.5. The van der Waals surface area contributed by atoms with Crippen LogP contribution in [0.2, 0.25) is 0 Å². The Morgan fingerprint density at radius 2 is 1.87 bits per heavy atom. The summed E-state index contributed by atoms with van der Waals surface area (Å²) in [5, 5.41) is 8.07.